The number of methoxy groups -OCH3 is 4. The average Bonchev–Trinajstić information content (AvgIpc) is 2.86. The number of aryl methyl sites for hydroxylation is 1. The average molecular weight is 491 g/mol. The highest BCUT2D eigenvalue weighted by Gasteiger charge is 2.64. The number of rotatable bonds is 12. The van der Waals surface area contributed by atoms with E-state index in [1.54, 1.807) is 28.4 Å². The summed E-state index contributed by atoms with van der Waals surface area (Å²) >= 11 is 0. The van der Waals surface area contributed by atoms with Crippen molar-refractivity contribution in [2.24, 2.45) is 5.92 Å². The molecule has 0 spiro atoms. The lowest BCUT2D eigenvalue weighted by Crippen LogP contribution is -2.74. The number of hydrogen-bond donors (Lipinski definition) is 1. The molecule has 2 unspecified atom stereocenters. The molecule has 1 N–H and O–H groups in total. The van der Waals surface area contributed by atoms with Crippen LogP contribution in [-0.4, -0.2) is 46.8 Å². The van der Waals surface area contributed by atoms with E-state index in [0.717, 1.165) is 12.0 Å². The van der Waals surface area contributed by atoms with Crippen LogP contribution in [0, 0.1) is 17.2 Å². The fourth-order valence-corrected chi connectivity index (χ4v) is 5.18. The normalized spacial score (nSPS) is 14.9. The Morgan fingerprint density at radius 1 is 0.941 bits per heavy atom. The van der Waals surface area contributed by atoms with Gasteiger partial charge in [0.15, 0.2) is 17.3 Å². The largest absolute Gasteiger partial charge is 0.493 e. The van der Waals surface area contributed by atoms with Crippen molar-refractivity contribution >= 4 is 12.4 Å². The first-order valence-electron chi connectivity index (χ1n) is 11.2. The molecule has 0 aliphatic carbocycles. The van der Waals surface area contributed by atoms with Gasteiger partial charge in [-0.05, 0) is 56.0 Å². The maximum absolute atomic E-state index is 10.9. The fourth-order valence-electron chi connectivity index (χ4n) is 5.18. The van der Waals surface area contributed by atoms with Gasteiger partial charge in [-0.3, -0.25) is 0 Å². The third-order valence-corrected chi connectivity index (χ3v) is 7.17. The minimum Gasteiger partial charge on any atom is -0.493 e. The molecule has 0 saturated heterocycles. The van der Waals surface area contributed by atoms with Crippen molar-refractivity contribution in [3.63, 3.8) is 0 Å². The highest BCUT2D eigenvalue weighted by atomic mass is 35.5. The Bertz CT molecular complexity index is 943. The van der Waals surface area contributed by atoms with Gasteiger partial charge in [-0.25, -0.2) is 0 Å². The summed E-state index contributed by atoms with van der Waals surface area (Å²) < 4.78 is 23.1. The molecule has 0 bridgehead atoms. The smallest absolute Gasteiger partial charge is 0.184 e. The van der Waals surface area contributed by atoms with Crippen LogP contribution in [0.5, 0.6) is 11.5 Å². The second kappa shape index (κ2) is 12.4. The second-order valence-electron chi connectivity index (χ2n) is 8.64. The quantitative estimate of drug-likeness (QED) is 0.415. The number of likely N-dealkylation sites (N-methyl/N-ethyl adjacent to an activating group) is 1. The predicted molar refractivity (Wildman–Crippen MR) is 138 cm³/mol. The van der Waals surface area contributed by atoms with Crippen molar-refractivity contribution in [2.75, 3.05) is 35.5 Å². The summed E-state index contributed by atoms with van der Waals surface area (Å²) in [5, 5.41) is 14.5. The number of hydrogen-bond acceptors (Lipinski definition) is 6. The van der Waals surface area contributed by atoms with Crippen LogP contribution in [0.15, 0.2) is 48.5 Å². The molecule has 7 heteroatoms. The molecule has 2 atom stereocenters. The first kappa shape index (κ1) is 29.7. The van der Waals surface area contributed by atoms with E-state index >= 15 is 0 Å². The van der Waals surface area contributed by atoms with E-state index in [9.17, 15) is 5.26 Å². The molecular formula is C27H39ClN2O4. The number of benzene rings is 2. The Morgan fingerprint density at radius 3 is 1.97 bits per heavy atom. The second-order valence-corrected chi connectivity index (χ2v) is 8.64. The van der Waals surface area contributed by atoms with Gasteiger partial charge in [0.05, 0.1) is 25.8 Å². The van der Waals surface area contributed by atoms with Gasteiger partial charge >= 0.3 is 0 Å². The lowest BCUT2D eigenvalue weighted by molar-refractivity contribution is -0.258. The van der Waals surface area contributed by atoms with E-state index in [1.165, 1.54) is 5.56 Å². The molecule has 0 radical (unpaired) electrons. The zero-order valence-electron chi connectivity index (χ0n) is 21.6. The third kappa shape index (κ3) is 4.89. The molecule has 2 aromatic carbocycles. The Labute approximate surface area is 211 Å². The van der Waals surface area contributed by atoms with Crippen molar-refractivity contribution in [3.8, 4) is 17.6 Å². The molecule has 0 saturated carbocycles. The van der Waals surface area contributed by atoms with Gasteiger partial charge in [0, 0.05) is 14.2 Å². The van der Waals surface area contributed by atoms with Crippen molar-refractivity contribution in [1.29, 1.82) is 5.26 Å². The van der Waals surface area contributed by atoms with Gasteiger partial charge in [-0.1, -0.05) is 50.2 Å². The molecule has 0 amide bonds. The third-order valence-electron chi connectivity index (χ3n) is 7.17. The lowest BCUT2D eigenvalue weighted by Gasteiger charge is -2.56. The Balaban J connectivity index is 0.00000578. The number of halogens is 1. The number of ether oxygens (including phenoxy) is 4. The Hall–Kier alpha value is -2.30. The zero-order chi connectivity index (χ0) is 24.7. The first-order chi connectivity index (χ1) is 15.8. The van der Waals surface area contributed by atoms with E-state index in [2.05, 4.69) is 37.4 Å². The maximum Gasteiger partial charge on any atom is 0.184 e. The van der Waals surface area contributed by atoms with Gasteiger partial charge < -0.3 is 24.3 Å². The van der Waals surface area contributed by atoms with Crippen molar-refractivity contribution < 1.29 is 18.9 Å². The van der Waals surface area contributed by atoms with Crippen LogP contribution in [0.1, 0.15) is 38.3 Å². The van der Waals surface area contributed by atoms with Crippen LogP contribution >= 0.6 is 12.4 Å². The standard InChI is InChI=1S/C27H38N2O4.ClH/c1-20(2)26(19-28,22-14-15-23(30-5)24(18-22)31-6)27(29-4,25(3,32-7)33-8)17-16-21-12-10-9-11-13-21;/h9-15,18,20,29H,16-17H2,1-8H3;1H. The van der Waals surface area contributed by atoms with Crippen molar-refractivity contribution in [3.05, 3.63) is 59.7 Å². The van der Waals surface area contributed by atoms with Gasteiger partial charge in [0.2, 0.25) is 0 Å². The Morgan fingerprint density at radius 2 is 1.53 bits per heavy atom. The molecule has 0 aliphatic rings. The SMILES string of the molecule is CNC(CCc1ccccc1)(C(C)(OC)OC)C(C#N)(c1ccc(OC)c(OC)c1)C(C)C.Cl. The van der Waals surface area contributed by atoms with Crippen molar-refractivity contribution in [2.45, 2.75) is 50.4 Å². The lowest BCUT2D eigenvalue weighted by atomic mass is 9.55. The number of nitriles is 1. The topological polar surface area (TPSA) is 72.7 Å². The number of nitrogens with one attached hydrogen (secondary N) is 1. The summed E-state index contributed by atoms with van der Waals surface area (Å²) in [6.07, 6.45) is 1.32. The zero-order valence-corrected chi connectivity index (χ0v) is 22.4. The van der Waals surface area contributed by atoms with Crippen LogP contribution in [0.25, 0.3) is 0 Å². The van der Waals surface area contributed by atoms with Crippen molar-refractivity contribution in [1.82, 2.24) is 5.32 Å². The maximum atomic E-state index is 10.9. The minimum absolute atomic E-state index is 0. The van der Waals surface area contributed by atoms with Gasteiger partial charge in [-0.2, -0.15) is 5.26 Å². The molecule has 188 valence electrons. The summed E-state index contributed by atoms with van der Waals surface area (Å²) in [4.78, 5) is 0. The van der Waals surface area contributed by atoms with Crippen LogP contribution in [0.4, 0.5) is 0 Å². The number of nitrogens with zero attached hydrogens (tertiary/aromatic N) is 1. The molecule has 0 aliphatic heterocycles. The summed E-state index contributed by atoms with van der Waals surface area (Å²) in [6, 6.07) is 18.6. The highest BCUT2D eigenvalue weighted by Crippen LogP contribution is 2.51. The van der Waals surface area contributed by atoms with E-state index < -0.39 is 16.7 Å². The molecule has 0 aromatic heterocycles. The van der Waals surface area contributed by atoms with Crippen LogP contribution in [0.3, 0.4) is 0 Å². The van der Waals surface area contributed by atoms with E-state index in [0.29, 0.717) is 17.9 Å². The van der Waals surface area contributed by atoms with Crippen LogP contribution < -0.4 is 14.8 Å². The molecular weight excluding hydrogens is 452 g/mol. The van der Waals surface area contributed by atoms with Crippen LogP contribution in [-0.2, 0) is 21.3 Å². The monoisotopic (exact) mass is 490 g/mol. The minimum atomic E-state index is -1.12. The van der Waals surface area contributed by atoms with E-state index in [1.807, 2.05) is 50.4 Å². The molecule has 2 rings (SSSR count). The summed E-state index contributed by atoms with van der Waals surface area (Å²) in [7, 11) is 8.31. The van der Waals surface area contributed by atoms with Gasteiger partial charge in [0.1, 0.15) is 5.41 Å². The summed E-state index contributed by atoms with van der Waals surface area (Å²) in [5.74, 6) is -0.0466. The first-order valence-corrected chi connectivity index (χ1v) is 11.2. The Kier molecular flexibility index (Phi) is 10.9. The molecule has 0 fully saturated rings. The summed E-state index contributed by atoms with van der Waals surface area (Å²) in [6.45, 7) is 6.00. The molecule has 0 heterocycles. The highest BCUT2D eigenvalue weighted by molar-refractivity contribution is 5.85. The van der Waals surface area contributed by atoms with E-state index in [4.69, 9.17) is 18.9 Å². The molecule has 2 aromatic rings. The summed E-state index contributed by atoms with van der Waals surface area (Å²) in [5.41, 5.74) is 0.00796. The van der Waals surface area contributed by atoms with Crippen LogP contribution in [0.2, 0.25) is 0 Å². The molecule has 34 heavy (non-hydrogen) atoms. The van der Waals surface area contributed by atoms with Gasteiger partial charge in [-0.15, -0.1) is 12.4 Å². The predicted octanol–water partition coefficient (Wildman–Crippen LogP) is 5.14. The fraction of sp³-hybridized carbons (Fsp3) is 0.519. The molecule has 6 nitrogen and oxygen atoms in total. The van der Waals surface area contributed by atoms with Gasteiger partial charge in [0.25, 0.3) is 0 Å². The van der Waals surface area contributed by atoms with E-state index in [-0.39, 0.29) is 18.3 Å².